The van der Waals surface area contributed by atoms with Gasteiger partial charge in [0.15, 0.2) is 0 Å². The number of methoxy groups -OCH3 is 2. The number of anilines is 2. The molecule has 0 bridgehead atoms. The van der Waals surface area contributed by atoms with Crippen molar-refractivity contribution in [2.24, 2.45) is 0 Å². The van der Waals surface area contributed by atoms with E-state index in [1.54, 1.807) is 29.0 Å². The van der Waals surface area contributed by atoms with Crippen molar-refractivity contribution >= 4 is 23.3 Å². The van der Waals surface area contributed by atoms with Gasteiger partial charge in [-0.2, -0.15) is 13.2 Å². The van der Waals surface area contributed by atoms with E-state index in [2.05, 4.69) is 5.32 Å². The van der Waals surface area contributed by atoms with Crippen molar-refractivity contribution in [3.05, 3.63) is 83.4 Å². The van der Waals surface area contributed by atoms with Crippen LogP contribution in [0.4, 0.5) is 29.3 Å². The molecule has 0 saturated carbocycles. The van der Waals surface area contributed by atoms with Gasteiger partial charge in [-0.3, -0.25) is 9.69 Å². The van der Waals surface area contributed by atoms with Crippen LogP contribution in [-0.4, -0.2) is 44.1 Å². The molecule has 0 aromatic heterocycles. The first-order valence-electron chi connectivity index (χ1n) is 11.6. The first-order valence-corrected chi connectivity index (χ1v) is 11.6. The summed E-state index contributed by atoms with van der Waals surface area (Å²) in [7, 11) is 3.04. The second kappa shape index (κ2) is 10.8. The van der Waals surface area contributed by atoms with Crippen LogP contribution in [0.3, 0.4) is 0 Å². The molecule has 3 amide bonds. The molecule has 10 heteroatoms. The van der Waals surface area contributed by atoms with E-state index in [-0.39, 0.29) is 17.3 Å². The molecule has 3 aromatic rings. The highest BCUT2D eigenvalue weighted by Crippen LogP contribution is 2.34. The molecule has 1 N–H and O–H groups in total. The Kier molecular flexibility index (Phi) is 7.56. The van der Waals surface area contributed by atoms with Crippen molar-refractivity contribution in [1.29, 1.82) is 0 Å². The number of hydrogen-bond acceptors (Lipinski definition) is 4. The number of amides is 3. The fraction of sp³-hybridized carbons (Fsp3) is 0.259. The van der Waals surface area contributed by atoms with Gasteiger partial charge in [0.1, 0.15) is 11.5 Å². The van der Waals surface area contributed by atoms with E-state index < -0.39 is 17.6 Å². The average Bonchev–Trinajstić information content (AvgIpc) is 2.90. The van der Waals surface area contributed by atoms with Crippen LogP contribution < -0.4 is 19.7 Å². The molecule has 194 valence electrons. The van der Waals surface area contributed by atoms with Gasteiger partial charge < -0.3 is 19.7 Å². The smallest absolute Gasteiger partial charge is 0.416 e. The predicted octanol–water partition coefficient (Wildman–Crippen LogP) is 5.81. The topological polar surface area (TPSA) is 71.1 Å². The van der Waals surface area contributed by atoms with Crippen molar-refractivity contribution in [2.45, 2.75) is 19.1 Å². The summed E-state index contributed by atoms with van der Waals surface area (Å²) in [6.45, 7) is 1.36. The van der Waals surface area contributed by atoms with Crippen LogP contribution >= 0.6 is 0 Å². The molecule has 0 unspecified atom stereocenters. The molecule has 0 aliphatic carbocycles. The summed E-state index contributed by atoms with van der Waals surface area (Å²) in [5.41, 5.74) is 0.525. The number of nitrogens with one attached hydrogen (secondary N) is 1. The zero-order valence-electron chi connectivity index (χ0n) is 20.3. The van der Waals surface area contributed by atoms with Crippen molar-refractivity contribution in [1.82, 2.24) is 4.90 Å². The number of alkyl halides is 3. The lowest BCUT2D eigenvalue weighted by molar-refractivity contribution is -0.137. The van der Waals surface area contributed by atoms with Crippen LogP contribution in [0.5, 0.6) is 11.5 Å². The maximum absolute atomic E-state index is 13.4. The summed E-state index contributed by atoms with van der Waals surface area (Å²) >= 11 is 0. The number of urea groups is 1. The van der Waals surface area contributed by atoms with Gasteiger partial charge in [0.05, 0.1) is 31.2 Å². The number of carbonyl (C=O) groups is 2. The Morgan fingerprint density at radius 2 is 1.65 bits per heavy atom. The van der Waals surface area contributed by atoms with Crippen molar-refractivity contribution in [3.63, 3.8) is 0 Å². The molecule has 3 aromatic carbocycles. The van der Waals surface area contributed by atoms with Crippen molar-refractivity contribution in [3.8, 4) is 11.5 Å². The summed E-state index contributed by atoms with van der Waals surface area (Å²) in [5.74, 6) is 0.400. The Hall–Kier alpha value is -4.21. The van der Waals surface area contributed by atoms with Gasteiger partial charge >= 0.3 is 12.2 Å². The molecule has 1 aliphatic heterocycles. The Morgan fingerprint density at radius 3 is 2.32 bits per heavy atom. The third kappa shape index (κ3) is 5.96. The fourth-order valence-corrected chi connectivity index (χ4v) is 4.11. The normalized spacial score (nSPS) is 13.9. The molecule has 0 spiro atoms. The molecule has 7 nitrogen and oxygen atoms in total. The zero-order valence-corrected chi connectivity index (χ0v) is 20.3. The van der Waals surface area contributed by atoms with E-state index in [1.165, 1.54) is 25.3 Å². The third-order valence-electron chi connectivity index (χ3n) is 6.04. The second-order valence-electron chi connectivity index (χ2n) is 8.47. The SMILES string of the molecule is COc1ccc(CN2CCCN(c3ccc(OC)cc3NC(=O)c3cccc(C(F)(F)F)c3)C2=O)cc1. The van der Waals surface area contributed by atoms with E-state index in [9.17, 15) is 22.8 Å². The highest BCUT2D eigenvalue weighted by atomic mass is 19.4. The summed E-state index contributed by atoms with van der Waals surface area (Å²) in [6, 6.07) is 16.2. The molecule has 37 heavy (non-hydrogen) atoms. The molecule has 1 aliphatic rings. The van der Waals surface area contributed by atoms with Gasteiger partial charge in [0, 0.05) is 31.3 Å². The minimum atomic E-state index is -4.58. The largest absolute Gasteiger partial charge is 0.497 e. The van der Waals surface area contributed by atoms with Gasteiger partial charge in [0.2, 0.25) is 0 Å². The molecule has 0 radical (unpaired) electrons. The van der Waals surface area contributed by atoms with Crippen LogP contribution in [0.25, 0.3) is 0 Å². The summed E-state index contributed by atoms with van der Waals surface area (Å²) in [5, 5.41) is 2.66. The maximum atomic E-state index is 13.4. The molecule has 0 atom stereocenters. The summed E-state index contributed by atoms with van der Waals surface area (Å²) < 4.78 is 49.9. The molecule has 1 heterocycles. The first-order chi connectivity index (χ1) is 17.7. The quantitative estimate of drug-likeness (QED) is 0.433. The molecule has 1 saturated heterocycles. The minimum Gasteiger partial charge on any atom is -0.497 e. The van der Waals surface area contributed by atoms with Crippen LogP contribution in [-0.2, 0) is 12.7 Å². The van der Waals surface area contributed by atoms with Crippen LogP contribution in [0.2, 0.25) is 0 Å². The van der Waals surface area contributed by atoms with E-state index >= 15 is 0 Å². The number of hydrogen-bond donors (Lipinski definition) is 1. The van der Waals surface area contributed by atoms with Crippen molar-refractivity contribution < 1.29 is 32.2 Å². The highest BCUT2D eigenvalue weighted by molar-refractivity contribution is 6.08. The van der Waals surface area contributed by atoms with Gasteiger partial charge in [-0.25, -0.2) is 4.79 Å². The Labute approximate surface area is 212 Å². The maximum Gasteiger partial charge on any atom is 0.416 e. The number of rotatable bonds is 7. The fourth-order valence-electron chi connectivity index (χ4n) is 4.11. The van der Waals surface area contributed by atoms with E-state index in [0.717, 1.165) is 23.4 Å². The lowest BCUT2D eigenvalue weighted by Gasteiger charge is -2.36. The number of nitrogens with zero attached hydrogens (tertiary/aromatic N) is 2. The molecular weight excluding hydrogens is 487 g/mol. The Bertz CT molecular complexity index is 1280. The number of ether oxygens (including phenoxy) is 2. The summed E-state index contributed by atoms with van der Waals surface area (Å²) in [4.78, 5) is 29.6. The van der Waals surface area contributed by atoms with Gasteiger partial charge in [-0.05, 0) is 54.4 Å². The number of benzene rings is 3. The third-order valence-corrected chi connectivity index (χ3v) is 6.04. The van der Waals surface area contributed by atoms with E-state index in [1.807, 2.05) is 24.3 Å². The van der Waals surface area contributed by atoms with Crippen LogP contribution in [0, 0.1) is 0 Å². The highest BCUT2D eigenvalue weighted by Gasteiger charge is 2.32. The second-order valence-corrected chi connectivity index (χ2v) is 8.47. The van der Waals surface area contributed by atoms with Gasteiger partial charge in [-0.15, -0.1) is 0 Å². The molecule has 1 fully saturated rings. The summed E-state index contributed by atoms with van der Waals surface area (Å²) in [6.07, 6.45) is -3.89. The van der Waals surface area contributed by atoms with Crippen molar-refractivity contribution in [2.75, 3.05) is 37.5 Å². The molecule has 4 rings (SSSR count). The lowest BCUT2D eigenvalue weighted by Crippen LogP contribution is -2.49. The first kappa shape index (κ1) is 25.9. The standard InChI is InChI=1S/C27H26F3N3O4/c1-36-21-9-7-18(8-10-21)17-32-13-4-14-33(26(32)35)24-12-11-22(37-2)16-23(24)31-25(34)19-5-3-6-20(15-19)27(28,29)30/h3,5-12,15-16H,4,13-14,17H2,1-2H3,(H,31,34). The van der Waals surface area contributed by atoms with E-state index in [4.69, 9.17) is 9.47 Å². The number of carbonyl (C=O) groups excluding carboxylic acids is 2. The monoisotopic (exact) mass is 513 g/mol. The minimum absolute atomic E-state index is 0.158. The van der Waals surface area contributed by atoms with Gasteiger partial charge in [-0.1, -0.05) is 18.2 Å². The van der Waals surface area contributed by atoms with E-state index in [0.29, 0.717) is 37.5 Å². The number of halogens is 3. The van der Waals surface area contributed by atoms with Crippen LogP contribution in [0.1, 0.15) is 27.9 Å². The van der Waals surface area contributed by atoms with Gasteiger partial charge in [0.25, 0.3) is 5.91 Å². The lowest BCUT2D eigenvalue weighted by atomic mass is 10.1. The Balaban J connectivity index is 1.58. The van der Waals surface area contributed by atoms with Crippen LogP contribution in [0.15, 0.2) is 66.7 Å². The average molecular weight is 514 g/mol. The zero-order chi connectivity index (χ0) is 26.6. The molecular formula is C27H26F3N3O4. The Morgan fingerprint density at radius 1 is 0.946 bits per heavy atom. The predicted molar refractivity (Wildman–Crippen MR) is 133 cm³/mol.